The van der Waals surface area contributed by atoms with E-state index in [4.69, 9.17) is 21.4 Å². The van der Waals surface area contributed by atoms with E-state index in [0.29, 0.717) is 27.9 Å². The molecular formula is C25H20N6O3. The van der Waals surface area contributed by atoms with E-state index in [1.165, 1.54) is 12.4 Å². The highest BCUT2D eigenvalue weighted by Crippen LogP contribution is 2.28. The van der Waals surface area contributed by atoms with Crippen LogP contribution in [0, 0.1) is 32.8 Å². The lowest BCUT2D eigenvalue weighted by Gasteiger charge is -2.04. The van der Waals surface area contributed by atoms with Crippen molar-refractivity contribution in [3.63, 3.8) is 0 Å². The minimum Gasteiger partial charge on any atom is -0.400 e. The van der Waals surface area contributed by atoms with Crippen LogP contribution in [0.5, 0.6) is 0 Å². The summed E-state index contributed by atoms with van der Waals surface area (Å²) in [5.74, 6) is 0. The van der Waals surface area contributed by atoms with E-state index < -0.39 is 4.92 Å². The van der Waals surface area contributed by atoms with Crippen molar-refractivity contribution in [2.75, 3.05) is 12.8 Å². The first-order chi connectivity index (χ1) is 16.5. The highest BCUT2D eigenvalue weighted by molar-refractivity contribution is 5.75. The number of nitriles is 2. The number of rotatable bonds is 3. The van der Waals surface area contributed by atoms with Crippen molar-refractivity contribution in [1.82, 2.24) is 9.97 Å². The SMILES string of the molecule is CO.N#Cc1ccc(-c2ccncc2N)cc1.N#Cc1ccc(-c2ccncc2[N+](=O)[O-])cc1. The van der Waals surface area contributed by atoms with Crippen LogP contribution in [0.1, 0.15) is 11.1 Å². The molecular weight excluding hydrogens is 432 g/mol. The fourth-order valence-corrected chi connectivity index (χ4v) is 2.89. The average molecular weight is 452 g/mol. The molecule has 4 rings (SSSR count). The molecule has 34 heavy (non-hydrogen) atoms. The normalized spacial score (nSPS) is 9.18. The number of nitrogen functional groups attached to an aromatic ring is 1. The molecule has 168 valence electrons. The van der Waals surface area contributed by atoms with Gasteiger partial charge < -0.3 is 10.8 Å². The zero-order chi connectivity index (χ0) is 24.9. The van der Waals surface area contributed by atoms with Crippen molar-refractivity contribution >= 4 is 11.4 Å². The molecule has 0 bridgehead atoms. The summed E-state index contributed by atoms with van der Waals surface area (Å²) in [5, 5.41) is 35.2. The summed E-state index contributed by atoms with van der Waals surface area (Å²) in [6.07, 6.45) is 6.03. The summed E-state index contributed by atoms with van der Waals surface area (Å²) in [7, 11) is 1.00. The third-order valence-electron chi connectivity index (χ3n) is 4.50. The number of hydrogen-bond donors (Lipinski definition) is 2. The van der Waals surface area contributed by atoms with Gasteiger partial charge in [0, 0.05) is 25.1 Å². The molecule has 0 aliphatic rings. The Morgan fingerprint density at radius 3 is 1.68 bits per heavy atom. The van der Waals surface area contributed by atoms with E-state index in [0.717, 1.165) is 18.2 Å². The molecule has 2 aromatic heterocycles. The molecule has 2 heterocycles. The van der Waals surface area contributed by atoms with Crippen molar-refractivity contribution in [2.45, 2.75) is 0 Å². The van der Waals surface area contributed by atoms with Crippen LogP contribution in [0.4, 0.5) is 11.4 Å². The summed E-state index contributed by atoms with van der Waals surface area (Å²) in [6.45, 7) is 0. The van der Waals surface area contributed by atoms with Gasteiger partial charge in [0.1, 0.15) is 6.20 Å². The molecule has 4 aromatic rings. The highest BCUT2D eigenvalue weighted by Gasteiger charge is 2.14. The summed E-state index contributed by atoms with van der Waals surface area (Å²) in [5.41, 5.74) is 10.7. The smallest absolute Gasteiger partial charge is 0.295 e. The van der Waals surface area contributed by atoms with Crippen molar-refractivity contribution < 1.29 is 10.0 Å². The molecule has 3 N–H and O–H groups in total. The topological polar surface area (TPSA) is 163 Å². The Labute approximate surface area is 196 Å². The van der Waals surface area contributed by atoms with Crippen LogP contribution in [0.25, 0.3) is 22.3 Å². The maximum atomic E-state index is 10.8. The van der Waals surface area contributed by atoms with E-state index >= 15 is 0 Å². The number of nitrogens with zero attached hydrogens (tertiary/aromatic N) is 5. The molecule has 2 aromatic carbocycles. The molecule has 0 aliphatic heterocycles. The van der Waals surface area contributed by atoms with Gasteiger partial charge in [-0.1, -0.05) is 24.3 Å². The standard InChI is InChI=1S/C12H7N3O2.C12H9N3.CH4O/c13-7-9-1-3-10(4-2-9)11-5-6-14-8-12(11)15(16)17;13-7-9-1-3-10(4-2-9)11-5-6-15-8-12(11)14;1-2/h1-6,8H;1-6,8H,14H2;2H,1H3. The molecule has 0 saturated carbocycles. The number of hydrogen-bond acceptors (Lipinski definition) is 8. The van der Waals surface area contributed by atoms with E-state index in [9.17, 15) is 10.1 Å². The number of aliphatic hydroxyl groups is 1. The fourth-order valence-electron chi connectivity index (χ4n) is 2.89. The predicted octanol–water partition coefficient (Wildman–Crippen LogP) is 4.34. The maximum absolute atomic E-state index is 10.8. The summed E-state index contributed by atoms with van der Waals surface area (Å²) in [6, 6.07) is 21.4. The van der Waals surface area contributed by atoms with Crippen LogP contribution < -0.4 is 5.73 Å². The Morgan fingerprint density at radius 2 is 1.24 bits per heavy atom. The molecule has 0 saturated heterocycles. The second-order valence-corrected chi connectivity index (χ2v) is 6.49. The molecule has 0 amide bonds. The van der Waals surface area contributed by atoms with Gasteiger partial charge in [0.25, 0.3) is 5.69 Å². The van der Waals surface area contributed by atoms with Gasteiger partial charge in [0.2, 0.25) is 0 Å². The number of aromatic nitrogens is 2. The van der Waals surface area contributed by atoms with Crippen LogP contribution in [0.2, 0.25) is 0 Å². The lowest BCUT2D eigenvalue weighted by atomic mass is 10.0. The van der Waals surface area contributed by atoms with Crippen LogP contribution in [-0.4, -0.2) is 27.1 Å². The zero-order valence-electron chi connectivity index (χ0n) is 18.2. The van der Waals surface area contributed by atoms with Crippen molar-refractivity contribution in [3.8, 4) is 34.4 Å². The van der Waals surface area contributed by atoms with Gasteiger partial charge in [-0.05, 0) is 47.5 Å². The lowest BCUT2D eigenvalue weighted by Crippen LogP contribution is -1.92. The quantitative estimate of drug-likeness (QED) is 0.342. The summed E-state index contributed by atoms with van der Waals surface area (Å²) >= 11 is 0. The molecule has 0 unspecified atom stereocenters. The minimum absolute atomic E-state index is 0.0443. The average Bonchev–Trinajstić information content (AvgIpc) is 2.90. The Hall–Kier alpha value is -5.12. The Bertz CT molecular complexity index is 1320. The number of nitrogens with two attached hydrogens (primary N) is 1. The number of nitro groups is 1. The Balaban J connectivity index is 0.000000225. The van der Waals surface area contributed by atoms with Crippen molar-refractivity contribution in [1.29, 1.82) is 10.5 Å². The Kier molecular flexibility index (Phi) is 9.37. The van der Waals surface area contributed by atoms with Crippen molar-refractivity contribution in [3.05, 3.63) is 107 Å². The van der Waals surface area contributed by atoms with Crippen molar-refractivity contribution in [2.24, 2.45) is 0 Å². The first-order valence-corrected chi connectivity index (χ1v) is 9.77. The van der Waals surface area contributed by atoms with Crippen LogP contribution in [0.15, 0.2) is 85.5 Å². The predicted molar refractivity (Wildman–Crippen MR) is 128 cm³/mol. The summed E-state index contributed by atoms with van der Waals surface area (Å²) in [4.78, 5) is 18.0. The van der Waals surface area contributed by atoms with Crippen LogP contribution in [0.3, 0.4) is 0 Å². The number of pyridine rings is 2. The number of anilines is 1. The van der Waals surface area contributed by atoms with E-state index in [1.807, 2.05) is 24.3 Å². The largest absolute Gasteiger partial charge is 0.400 e. The Morgan fingerprint density at radius 1 is 0.794 bits per heavy atom. The van der Waals surface area contributed by atoms with E-state index in [2.05, 4.69) is 16.0 Å². The molecule has 0 spiro atoms. The van der Waals surface area contributed by atoms with Gasteiger partial charge in [0.05, 0.1) is 45.6 Å². The molecule has 9 nitrogen and oxygen atoms in total. The van der Waals surface area contributed by atoms with Gasteiger partial charge in [-0.2, -0.15) is 10.5 Å². The minimum atomic E-state index is -0.472. The monoisotopic (exact) mass is 452 g/mol. The molecule has 0 atom stereocenters. The van der Waals surface area contributed by atoms with E-state index in [-0.39, 0.29) is 5.69 Å². The highest BCUT2D eigenvalue weighted by atomic mass is 16.6. The van der Waals surface area contributed by atoms with Gasteiger partial charge in [-0.3, -0.25) is 20.1 Å². The van der Waals surface area contributed by atoms with Crippen LogP contribution in [-0.2, 0) is 0 Å². The molecule has 0 radical (unpaired) electrons. The maximum Gasteiger partial charge on any atom is 0.295 e. The molecule has 0 fully saturated rings. The fraction of sp³-hybridized carbons (Fsp3) is 0.0400. The van der Waals surface area contributed by atoms with E-state index in [1.54, 1.807) is 54.9 Å². The third-order valence-corrected chi connectivity index (χ3v) is 4.50. The second kappa shape index (κ2) is 12.7. The zero-order valence-corrected chi connectivity index (χ0v) is 18.2. The van der Waals surface area contributed by atoms with Gasteiger partial charge >= 0.3 is 0 Å². The molecule has 0 aliphatic carbocycles. The second-order valence-electron chi connectivity index (χ2n) is 6.49. The third kappa shape index (κ3) is 6.44. The lowest BCUT2D eigenvalue weighted by molar-refractivity contribution is -0.384. The van der Waals surface area contributed by atoms with Gasteiger partial charge in [-0.25, -0.2) is 0 Å². The number of aliphatic hydroxyl groups excluding tert-OH is 1. The van der Waals surface area contributed by atoms with Gasteiger partial charge in [0.15, 0.2) is 0 Å². The first kappa shape index (κ1) is 25.1. The molecule has 9 heteroatoms. The summed E-state index contributed by atoms with van der Waals surface area (Å²) < 4.78 is 0. The van der Waals surface area contributed by atoms with Gasteiger partial charge in [-0.15, -0.1) is 0 Å². The first-order valence-electron chi connectivity index (χ1n) is 9.77. The van der Waals surface area contributed by atoms with Crippen LogP contribution >= 0.6 is 0 Å². The number of benzene rings is 2.